The minimum atomic E-state index is -0.151. The summed E-state index contributed by atoms with van der Waals surface area (Å²) >= 11 is 0. The van der Waals surface area contributed by atoms with Crippen molar-refractivity contribution < 1.29 is 14.3 Å². The van der Waals surface area contributed by atoms with Gasteiger partial charge in [-0.25, -0.2) is 0 Å². The van der Waals surface area contributed by atoms with Gasteiger partial charge in [0.25, 0.3) is 0 Å². The topological polar surface area (TPSA) is 59.6 Å². The first-order valence-corrected chi connectivity index (χ1v) is 7.91. The third-order valence-electron chi connectivity index (χ3n) is 4.10. The summed E-state index contributed by atoms with van der Waals surface area (Å²) < 4.78 is 11.4. The van der Waals surface area contributed by atoms with E-state index in [1.165, 1.54) is 32.1 Å². The van der Waals surface area contributed by atoms with Gasteiger partial charge in [0.15, 0.2) is 0 Å². The van der Waals surface area contributed by atoms with Crippen molar-refractivity contribution in [1.29, 1.82) is 0 Å². The molecule has 0 unspecified atom stereocenters. The average Bonchev–Trinajstić information content (AvgIpc) is 2.44. The Morgan fingerprint density at radius 3 is 2.70 bits per heavy atom. The molecular formula is C15H28N2O3. The van der Waals surface area contributed by atoms with Crippen molar-refractivity contribution in [2.45, 2.75) is 57.2 Å². The molecule has 5 heteroatoms. The minimum Gasteiger partial charge on any atom is -0.378 e. The summed E-state index contributed by atoms with van der Waals surface area (Å²) in [6.45, 7) is 5.25. The fourth-order valence-corrected chi connectivity index (χ4v) is 2.65. The van der Waals surface area contributed by atoms with E-state index in [0.29, 0.717) is 12.6 Å². The first-order valence-electron chi connectivity index (χ1n) is 7.91. The van der Waals surface area contributed by atoms with Gasteiger partial charge in [0.2, 0.25) is 5.91 Å². The number of carbonyl (C=O) groups excluding carboxylic acids is 1. The Morgan fingerprint density at radius 1 is 1.30 bits per heavy atom. The van der Waals surface area contributed by atoms with E-state index in [1.54, 1.807) is 0 Å². The van der Waals surface area contributed by atoms with Gasteiger partial charge in [0.1, 0.15) is 6.61 Å². The van der Waals surface area contributed by atoms with Gasteiger partial charge in [0.05, 0.1) is 11.7 Å². The number of rotatable bonds is 8. The lowest BCUT2D eigenvalue weighted by atomic mass is 9.98. The molecule has 1 saturated carbocycles. The van der Waals surface area contributed by atoms with Gasteiger partial charge in [-0.1, -0.05) is 19.3 Å². The van der Waals surface area contributed by atoms with Crippen molar-refractivity contribution in [2.75, 3.05) is 32.8 Å². The molecule has 0 radical (unpaired) electrons. The van der Waals surface area contributed by atoms with Crippen LogP contribution in [0.4, 0.5) is 0 Å². The quantitative estimate of drug-likeness (QED) is 0.658. The highest BCUT2D eigenvalue weighted by molar-refractivity contribution is 5.77. The fourth-order valence-electron chi connectivity index (χ4n) is 2.65. The van der Waals surface area contributed by atoms with Gasteiger partial charge < -0.3 is 20.1 Å². The molecule has 20 heavy (non-hydrogen) atoms. The molecule has 2 N–H and O–H groups in total. The monoisotopic (exact) mass is 284 g/mol. The molecular weight excluding hydrogens is 256 g/mol. The van der Waals surface area contributed by atoms with Crippen molar-refractivity contribution in [3.05, 3.63) is 0 Å². The number of nitrogens with one attached hydrogen (secondary N) is 2. The Labute approximate surface area is 121 Å². The molecule has 0 aromatic heterocycles. The molecule has 1 aliphatic carbocycles. The summed E-state index contributed by atoms with van der Waals surface area (Å²) in [6, 6.07) is 0. The largest absolute Gasteiger partial charge is 0.378 e. The van der Waals surface area contributed by atoms with E-state index in [9.17, 15) is 4.79 Å². The number of carbonyl (C=O) groups is 1. The van der Waals surface area contributed by atoms with E-state index in [1.807, 2.05) is 6.92 Å². The van der Waals surface area contributed by atoms with Gasteiger partial charge in [-0.15, -0.1) is 0 Å². The zero-order valence-electron chi connectivity index (χ0n) is 12.6. The number of ether oxygens (including phenoxy) is 2. The zero-order chi connectivity index (χ0) is 14.3. The van der Waals surface area contributed by atoms with Crippen LogP contribution in [0.3, 0.4) is 0 Å². The maximum atomic E-state index is 11.6. The minimum absolute atomic E-state index is 0.0317. The van der Waals surface area contributed by atoms with Gasteiger partial charge in [-0.2, -0.15) is 0 Å². The van der Waals surface area contributed by atoms with Crippen LogP contribution in [0.5, 0.6) is 0 Å². The summed E-state index contributed by atoms with van der Waals surface area (Å²) in [5, 5.41) is 6.02. The van der Waals surface area contributed by atoms with E-state index in [2.05, 4.69) is 10.6 Å². The second kappa shape index (κ2) is 7.96. The molecule has 0 aromatic rings. The third kappa shape index (κ3) is 5.38. The normalized spacial score (nSPS) is 22.2. The second-order valence-electron chi connectivity index (χ2n) is 6.18. The summed E-state index contributed by atoms with van der Waals surface area (Å²) in [6.07, 6.45) is 7.68. The molecule has 5 nitrogen and oxygen atoms in total. The third-order valence-corrected chi connectivity index (χ3v) is 4.10. The molecule has 0 spiro atoms. The molecule has 1 saturated heterocycles. The van der Waals surface area contributed by atoms with Crippen LogP contribution in [0.2, 0.25) is 0 Å². The van der Waals surface area contributed by atoms with Gasteiger partial charge in [-0.3, -0.25) is 4.79 Å². The standard InChI is InChI=1S/C15H28N2O3/c1-15(11-16-12-15)20-10-14(18)17-8-5-9-19-13-6-3-2-4-7-13/h13,16H,2-12H2,1H3,(H,17,18). The Morgan fingerprint density at radius 2 is 2.05 bits per heavy atom. The van der Waals surface area contributed by atoms with Crippen LogP contribution in [-0.4, -0.2) is 50.5 Å². The number of amides is 1. The highest BCUT2D eigenvalue weighted by atomic mass is 16.5. The van der Waals surface area contributed by atoms with E-state index < -0.39 is 0 Å². The second-order valence-corrected chi connectivity index (χ2v) is 6.18. The van der Waals surface area contributed by atoms with E-state index >= 15 is 0 Å². The molecule has 2 aliphatic rings. The van der Waals surface area contributed by atoms with Crippen LogP contribution < -0.4 is 10.6 Å². The highest BCUT2D eigenvalue weighted by Crippen LogP contribution is 2.20. The SMILES string of the molecule is CC1(OCC(=O)NCCCOC2CCCCC2)CNC1. The molecule has 0 aromatic carbocycles. The predicted octanol–water partition coefficient (Wildman–Crippen LogP) is 1.22. The zero-order valence-corrected chi connectivity index (χ0v) is 12.6. The molecule has 0 atom stereocenters. The highest BCUT2D eigenvalue weighted by Gasteiger charge is 2.32. The van der Waals surface area contributed by atoms with Crippen LogP contribution in [-0.2, 0) is 14.3 Å². The number of hydrogen-bond donors (Lipinski definition) is 2. The first kappa shape index (κ1) is 15.7. The molecule has 2 rings (SSSR count). The van der Waals surface area contributed by atoms with E-state index in [-0.39, 0.29) is 18.1 Å². The average molecular weight is 284 g/mol. The van der Waals surface area contributed by atoms with Crippen LogP contribution in [0.25, 0.3) is 0 Å². The summed E-state index contributed by atoms with van der Waals surface area (Å²) in [4.78, 5) is 11.6. The maximum Gasteiger partial charge on any atom is 0.246 e. The molecule has 1 heterocycles. The van der Waals surface area contributed by atoms with Crippen LogP contribution >= 0.6 is 0 Å². The van der Waals surface area contributed by atoms with Crippen molar-refractivity contribution in [2.24, 2.45) is 0 Å². The Kier molecular flexibility index (Phi) is 6.26. The van der Waals surface area contributed by atoms with Crippen molar-refractivity contribution in [3.8, 4) is 0 Å². The van der Waals surface area contributed by atoms with Gasteiger partial charge in [-0.05, 0) is 26.2 Å². The van der Waals surface area contributed by atoms with Crippen molar-refractivity contribution in [1.82, 2.24) is 10.6 Å². The first-order chi connectivity index (χ1) is 9.68. The summed E-state index contributed by atoms with van der Waals surface area (Å²) in [7, 11) is 0. The smallest absolute Gasteiger partial charge is 0.246 e. The predicted molar refractivity (Wildman–Crippen MR) is 77.7 cm³/mol. The molecule has 1 aliphatic heterocycles. The van der Waals surface area contributed by atoms with Crippen LogP contribution in [0.1, 0.15) is 45.4 Å². The molecule has 0 bridgehead atoms. The Balaban J connectivity index is 1.43. The lowest BCUT2D eigenvalue weighted by Gasteiger charge is -2.38. The lowest BCUT2D eigenvalue weighted by molar-refractivity contribution is -0.135. The number of hydrogen-bond acceptors (Lipinski definition) is 4. The lowest BCUT2D eigenvalue weighted by Crippen LogP contribution is -2.59. The Bertz CT molecular complexity index is 299. The molecule has 1 amide bonds. The van der Waals surface area contributed by atoms with E-state index in [0.717, 1.165) is 26.1 Å². The molecule has 116 valence electrons. The van der Waals surface area contributed by atoms with Crippen LogP contribution in [0, 0.1) is 0 Å². The van der Waals surface area contributed by atoms with E-state index in [4.69, 9.17) is 9.47 Å². The molecule has 2 fully saturated rings. The van der Waals surface area contributed by atoms with Gasteiger partial charge in [0, 0.05) is 26.2 Å². The van der Waals surface area contributed by atoms with Crippen LogP contribution in [0.15, 0.2) is 0 Å². The van der Waals surface area contributed by atoms with Crippen molar-refractivity contribution in [3.63, 3.8) is 0 Å². The van der Waals surface area contributed by atoms with Crippen molar-refractivity contribution >= 4 is 5.91 Å². The summed E-state index contributed by atoms with van der Waals surface area (Å²) in [5.74, 6) is -0.0317. The maximum absolute atomic E-state index is 11.6. The fraction of sp³-hybridized carbons (Fsp3) is 0.933. The summed E-state index contributed by atoms with van der Waals surface area (Å²) in [5.41, 5.74) is -0.151. The Hall–Kier alpha value is -0.650. The van der Waals surface area contributed by atoms with Gasteiger partial charge >= 0.3 is 0 Å².